The van der Waals surface area contributed by atoms with Crippen molar-refractivity contribution >= 4 is 24.8 Å². The molecule has 1 aromatic rings. The lowest BCUT2D eigenvalue weighted by Crippen LogP contribution is -2.45. The summed E-state index contributed by atoms with van der Waals surface area (Å²) >= 11 is 0. The summed E-state index contributed by atoms with van der Waals surface area (Å²) in [7, 11) is 0. The van der Waals surface area contributed by atoms with Crippen LogP contribution in [0.5, 0.6) is 0 Å². The van der Waals surface area contributed by atoms with Crippen LogP contribution < -0.4 is 5.32 Å². The van der Waals surface area contributed by atoms with E-state index in [4.69, 9.17) is 4.42 Å². The molecule has 1 saturated heterocycles. The Morgan fingerprint density at radius 2 is 1.90 bits per heavy atom. The van der Waals surface area contributed by atoms with Gasteiger partial charge < -0.3 is 9.73 Å². The van der Waals surface area contributed by atoms with Gasteiger partial charge in [0.2, 0.25) is 0 Å². The summed E-state index contributed by atoms with van der Waals surface area (Å²) in [6, 6.07) is 3.20. The zero-order valence-corrected chi connectivity index (χ0v) is 12.5. The monoisotopic (exact) mass is 334 g/mol. The van der Waals surface area contributed by atoms with Gasteiger partial charge in [0.15, 0.2) is 0 Å². The van der Waals surface area contributed by atoms with Crippen molar-refractivity contribution < 1.29 is 17.6 Å². The number of hydrogen-bond donors (Lipinski definition) is 1. The van der Waals surface area contributed by atoms with Gasteiger partial charge in [-0.05, 0) is 18.6 Å². The number of nitrogens with zero attached hydrogens (tertiary/aromatic N) is 1. The SMILES string of the molecule is Cl.Cl.FC(F)(F)CC[C@H](c1ccco1)N1CCNCC1. The van der Waals surface area contributed by atoms with Gasteiger partial charge in [-0.25, -0.2) is 0 Å². The predicted molar refractivity (Wildman–Crippen MR) is 75.7 cm³/mol. The molecule has 8 heteroatoms. The Bertz CT molecular complexity index is 354. The maximum absolute atomic E-state index is 12.4. The molecule has 118 valence electrons. The van der Waals surface area contributed by atoms with Gasteiger partial charge >= 0.3 is 6.18 Å². The van der Waals surface area contributed by atoms with Crippen LogP contribution in [0, 0.1) is 0 Å². The summed E-state index contributed by atoms with van der Waals surface area (Å²) in [4.78, 5) is 2.06. The first-order valence-electron chi connectivity index (χ1n) is 6.11. The van der Waals surface area contributed by atoms with Gasteiger partial charge in [-0.3, -0.25) is 4.90 Å². The number of halogens is 5. The highest BCUT2D eigenvalue weighted by molar-refractivity contribution is 5.85. The summed E-state index contributed by atoms with van der Waals surface area (Å²) in [5, 5.41) is 3.19. The van der Waals surface area contributed by atoms with Gasteiger partial charge in [0, 0.05) is 32.6 Å². The number of furan rings is 1. The molecule has 2 rings (SSSR count). The summed E-state index contributed by atoms with van der Waals surface area (Å²) < 4.78 is 42.4. The molecule has 0 aliphatic carbocycles. The number of piperazine rings is 1. The largest absolute Gasteiger partial charge is 0.468 e. The van der Waals surface area contributed by atoms with Gasteiger partial charge in [-0.15, -0.1) is 24.8 Å². The second-order valence-electron chi connectivity index (χ2n) is 4.47. The van der Waals surface area contributed by atoms with E-state index in [0.717, 1.165) is 26.2 Å². The van der Waals surface area contributed by atoms with Gasteiger partial charge in [-0.2, -0.15) is 13.2 Å². The van der Waals surface area contributed by atoms with Crippen LogP contribution in [0.3, 0.4) is 0 Å². The lowest BCUT2D eigenvalue weighted by Gasteiger charge is -2.34. The average Bonchev–Trinajstić information content (AvgIpc) is 2.83. The van der Waals surface area contributed by atoms with Crippen molar-refractivity contribution in [1.82, 2.24) is 10.2 Å². The Labute approximate surface area is 128 Å². The van der Waals surface area contributed by atoms with Crippen LogP contribution in [-0.4, -0.2) is 37.3 Å². The van der Waals surface area contributed by atoms with Crippen molar-refractivity contribution in [1.29, 1.82) is 0 Å². The minimum absolute atomic E-state index is 0. The molecule has 2 heterocycles. The molecule has 1 atom stereocenters. The summed E-state index contributed by atoms with van der Waals surface area (Å²) in [5.41, 5.74) is 0. The van der Waals surface area contributed by atoms with E-state index in [1.54, 1.807) is 12.1 Å². The maximum atomic E-state index is 12.4. The Kier molecular flexibility index (Phi) is 8.58. The van der Waals surface area contributed by atoms with E-state index in [1.807, 2.05) is 0 Å². The molecule has 0 radical (unpaired) electrons. The lowest BCUT2D eigenvalue weighted by molar-refractivity contribution is -0.138. The number of rotatable bonds is 4. The number of nitrogens with one attached hydrogen (secondary N) is 1. The molecule has 0 amide bonds. The van der Waals surface area contributed by atoms with Crippen molar-refractivity contribution in [3.8, 4) is 0 Å². The predicted octanol–water partition coefficient (Wildman–Crippen LogP) is 3.41. The standard InChI is InChI=1S/C12H17F3N2O.2ClH/c13-12(14,15)4-3-10(11-2-1-9-18-11)17-7-5-16-6-8-17;;/h1-2,9-10,16H,3-8H2;2*1H/t10-;;/m1../s1. The molecule has 0 unspecified atom stereocenters. The molecule has 0 aromatic carbocycles. The molecule has 1 fully saturated rings. The van der Waals surface area contributed by atoms with Crippen LogP contribution in [0.1, 0.15) is 24.6 Å². The van der Waals surface area contributed by atoms with E-state index in [9.17, 15) is 13.2 Å². The Morgan fingerprint density at radius 3 is 2.40 bits per heavy atom. The zero-order valence-electron chi connectivity index (χ0n) is 10.9. The molecular weight excluding hydrogens is 316 g/mol. The Morgan fingerprint density at radius 1 is 1.25 bits per heavy atom. The third-order valence-corrected chi connectivity index (χ3v) is 3.17. The quantitative estimate of drug-likeness (QED) is 0.914. The lowest BCUT2D eigenvalue weighted by atomic mass is 10.1. The van der Waals surface area contributed by atoms with E-state index in [1.165, 1.54) is 6.26 Å². The second-order valence-corrected chi connectivity index (χ2v) is 4.47. The second kappa shape index (κ2) is 8.77. The first-order chi connectivity index (χ1) is 8.56. The highest BCUT2D eigenvalue weighted by Crippen LogP contribution is 2.31. The normalized spacial score (nSPS) is 17.9. The van der Waals surface area contributed by atoms with Gasteiger partial charge in [0.05, 0.1) is 12.3 Å². The van der Waals surface area contributed by atoms with Gasteiger partial charge in [0.1, 0.15) is 5.76 Å². The van der Waals surface area contributed by atoms with Crippen LogP contribution in [0.25, 0.3) is 0 Å². The molecule has 1 aromatic heterocycles. The summed E-state index contributed by atoms with van der Waals surface area (Å²) in [6.07, 6.45) is -3.32. The fourth-order valence-corrected chi connectivity index (χ4v) is 2.28. The molecule has 3 nitrogen and oxygen atoms in total. The highest BCUT2D eigenvalue weighted by atomic mass is 35.5. The average molecular weight is 335 g/mol. The zero-order chi connectivity index (χ0) is 13.0. The topological polar surface area (TPSA) is 28.4 Å². The highest BCUT2D eigenvalue weighted by Gasteiger charge is 2.32. The van der Waals surface area contributed by atoms with E-state index < -0.39 is 12.6 Å². The molecule has 1 aliphatic heterocycles. The van der Waals surface area contributed by atoms with E-state index >= 15 is 0 Å². The van der Waals surface area contributed by atoms with Crippen molar-refractivity contribution in [2.24, 2.45) is 0 Å². The van der Waals surface area contributed by atoms with Crippen molar-refractivity contribution in [3.63, 3.8) is 0 Å². The van der Waals surface area contributed by atoms with Crippen LogP contribution in [0.2, 0.25) is 0 Å². The van der Waals surface area contributed by atoms with E-state index in [0.29, 0.717) is 5.76 Å². The number of hydrogen-bond acceptors (Lipinski definition) is 3. The Balaban J connectivity index is 0.00000180. The van der Waals surface area contributed by atoms with Crippen molar-refractivity contribution in [2.45, 2.75) is 25.1 Å². The van der Waals surface area contributed by atoms with Crippen LogP contribution >= 0.6 is 24.8 Å². The molecule has 0 saturated carbocycles. The molecule has 1 aliphatic rings. The molecule has 0 spiro atoms. The van der Waals surface area contributed by atoms with Gasteiger partial charge in [-0.1, -0.05) is 0 Å². The van der Waals surface area contributed by atoms with Gasteiger partial charge in [0.25, 0.3) is 0 Å². The molecule has 20 heavy (non-hydrogen) atoms. The molecule has 1 N–H and O–H groups in total. The third-order valence-electron chi connectivity index (χ3n) is 3.17. The van der Waals surface area contributed by atoms with E-state index in [2.05, 4.69) is 10.2 Å². The van der Waals surface area contributed by atoms with Crippen molar-refractivity contribution in [2.75, 3.05) is 26.2 Å². The Hall–Kier alpha value is -0.430. The minimum Gasteiger partial charge on any atom is -0.468 e. The fourth-order valence-electron chi connectivity index (χ4n) is 2.28. The smallest absolute Gasteiger partial charge is 0.389 e. The fraction of sp³-hybridized carbons (Fsp3) is 0.667. The maximum Gasteiger partial charge on any atom is 0.389 e. The third kappa shape index (κ3) is 5.91. The minimum atomic E-state index is -4.11. The number of alkyl halides is 3. The van der Waals surface area contributed by atoms with E-state index in [-0.39, 0.29) is 37.3 Å². The summed E-state index contributed by atoms with van der Waals surface area (Å²) in [5.74, 6) is 0.626. The van der Waals surface area contributed by atoms with Crippen LogP contribution in [-0.2, 0) is 0 Å². The van der Waals surface area contributed by atoms with Crippen LogP contribution in [0.4, 0.5) is 13.2 Å². The van der Waals surface area contributed by atoms with Crippen LogP contribution in [0.15, 0.2) is 22.8 Å². The molecular formula is C12H19Cl2F3N2O. The summed E-state index contributed by atoms with van der Waals surface area (Å²) in [6.45, 7) is 3.12. The first kappa shape index (κ1) is 19.6. The van der Waals surface area contributed by atoms with Crippen molar-refractivity contribution in [3.05, 3.63) is 24.2 Å². The molecule has 0 bridgehead atoms. The first-order valence-corrected chi connectivity index (χ1v) is 6.11.